The summed E-state index contributed by atoms with van der Waals surface area (Å²) < 4.78 is 29.0. The summed E-state index contributed by atoms with van der Waals surface area (Å²) in [6, 6.07) is 8.24. The Morgan fingerprint density at radius 3 is 2.71 bits per heavy atom. The monoisotopic (exact) mass is 536 g/mol. The molecule has 8 heteroatoms. The minimum atomic E-state index is -2.96. The number of benzene rings is 1. The Bertz CT molecular complexity index is 1430. The van der Waals surface area contributed by atoms with E-state index in [2.05, 4.69) is 49.3 Å². The number of allylic oxidation sites excluding steroid dienone is 4. The van der Waals surface area contributed by atoms with Crippen molar-refractivity contribution >= 4 is 21.6 Å². The molecule has 2 N–H and O–H groups in total. The number of carbonyl (C=O) groups is 1. The first-order valence-electron chi connectivity index (χ1n) is 13.3. The van der Waals surface area contributed by atoms with Crippen LogP contribution in [-0.2, 0) is 26.0 Å². The first kappa shape index (κ1) is 26.5. The smallest absolute Gasteiger partial charge is 0.307 e. The van der Waals surface area contributed by atoms with Gasteiger partial charge in [0.25, 0.3) is 0 Å². The van der Waals surface area contributed by atoms with Gasteiger partial charge in [0.05, 0.1) is 17.4 Å². The number of hydrogen-bond acceptors (Lipinski definition) is 6. The van der Waals surface area contributed by atoms with Crippen molar-refractivity contribution in [3.63, 3.8) is 0 Å². The molecule has 5 atom stereocenters. The van der Waals surface area contributed by atoms with E-state index in [4.69, 9.17) is 4.74 Å². The van der Waals surface area contributed by atoms with Crippen molar-refractivity contribution in [2.75, 3.05) is 23.9 Å². The number of hydrogen-bond donors (Lipinski definition) is 2. The van der Waals surface area contributed by atoms with Gasteiger partial charge in [-0.1, -0.05) is 36.8 Å². The van der Waals surface area contributed by atoms with E-state index in [0.717, 1.165) is 45.8 Å². The summed E-state index contributed by atoms with van der Waals surface area (Å²) in [5.74, 6) is 2.19. The summed E-state index contributed by atoms with van der Waals surface area (Å²) >= 11 is 0. The average Bonchev–Trinajstić information content (AvgIpc) is 3.45. The fraction of sp³-hybridized carbons (Fsp3) is 0.467. The number of aromatic nitrogens is 1. The van der Waals surface area contributed by atoms with E-state index in [-0.39, 0.29) is 23.5 Å². The van der Waals surface area contributed by atoms with Gasteiger partial charge in [-0.15, -0.1) is 0 Å². The summed E-state index contributed by atoms with van der Waals surface area (Å²) in [4.78, 5) is 16.0. The normalized spacial score (nSPS) is 25.6. The van der Waals surface area contributed by atoms with Crippen molar-refractivity contribution < 1.29 is 23.1 Å². The lowest BCUT2D eigenvalue weighted by molar-refractivity contribution is -0.139. The number of aliphatic carboxylic acids is 1. The summed E-state index contributed by atoms with van der Waals surface area (Å²) in [5, 5.41) is 12.6. The minimum Gasteiger partial charge on any atom is -0.493 e. The summed E-state index contributed by atoms with van der Waals surface area (Å²) in [5.41, 5.74) is 6.83. The zero-order valence-electron chi connectivity index (χ0n) is 22.4. The van der Waals surface area contributed by atoms with E-state index in [1.165, 1.54) is 11.8 Å². The predicted octanol–water partition coefficient (Wildman–Crippen LogP) is 5.16. The van der Waals surface area contributed by atoms with Crippen LogP contribution in [0.4, 0.5) is 5.82 Å². The number of rotatable bonds is 10. The third-order valence-corrected chi connectivity index (χ3v) is 9.55. The molecular formula is C30H36N2O5S. The molecule has 202 valence electrons. The quantitative estimate of drug-likeness (QED) is 0.404. The maximum Gasteiger partial charge on any atom is 0.307 e. The Morgan fingerprint density at radius 1 is 1.21 bits per heavy atom. The third kappa shape index (κ3) is 5.23. The molecule has 0 radical (unpaired) electrons. The topological polar surface area (TPSA) is 106 Å². The second kappa shape index (κ2) is 10.2. The highest BCUT2D eigenvalue weighted by Gasteiger charge is 2.63. The average molecular weight is 537 g/mol. The molecule has 0 aliphatic heterocycles. The van der Waals surface area contributed by atoms with Gasteiger partial charge < -0.3 is 15.2 Å². The molecule has 2 aromatic rings. The lowest BCUT2D eigenvalue weighted by atomic mass is 9.80. The van der Waals surface area contributed by atoms with Gasteiger partial charge in [-0.2, -0.15) is 0 Å². The molecule has 2 fully saturated rings. The Morgan fingerprint density at radius 2 is 2.00 bits per heavy atom. The number of aryl methyl sites for hydroxylation is 1. The molecule has 2 unspecified atom stereocenters. The number of fused-ring (bicyclic) bond motifs is 3. The fourth-order valence-corrected chi connectivity index (χ4v) is 7.02. The van der Waals surface area contributed by atoms with Crippen LogP contribution in [0.5, 0.6) is 0 Å². The maximum atomic E-state index is 11.4. The van der Waals surface area contributed by atoms with Gasteiger partial charge in [-0.05, 0) is 78.8 Å². The molecule has 0 amide bonds. The van der Waals surface area contributed by atoms with Crippen LogP contribution >= 0.6 is 0 Å². The van der Waals surface area contributed by atoms with Crippen LogP contribution in [0.15, 0.2) is 53.9 Å². The van der Waals surface area contributed by atoms with Crippen LogP contribution in [0.1, 0.15) is 36.5 Å². The van der Waals surface area contributed by atoms with E-state index >= 15 is 0 Å². The van der Waals surface area contributed by atoms with Crippen molar-refractivity contribution in [2.24, 2.45) is 29.6 Å². The zero-order chi connectivity index (χ0) is 27.2. The van der Waals surface area contributed by atoms with Gasteiger partial charge in [0.1, 0.15) is 22.3 Å². The molecule has 0 bridgehead atoms. The Labute approximate surface area is 224 Å². The van der Waals surface area contributed by atoms with Gasteiger partial charge in [-0.3, -0.25) is 4.79 Å². The largest absolute Gasteiger partial charge is 0.493 e. The standard InChI is InChI=1S/C30H36N2O5S/c1-17-13-27(31-11-6-12-38(4,35)36)32-15-25(17)21-8-5-7-20(18(21)2)16-37-26-10-9-22-23(19(26)3)14-24-28(22)29(24)30(33)34/h5,7-10,13,15,19,23-24,28-29H,6,11-12,14,16H2,1-4H3,(H,31,32)(H,33,34)/t19?,23?,24-,28+,29+/m1/s1. The first-order valence-corrected chi connectivity index (χ1v) is 15.4. The number of sulfone groups is 1. The van der Waals surface area contributed by atoms with E-state index in [1.54, 1.807) is 0 Å². The van der Waals surface area contributed by atoms with Crippen LogP contribution in [0.2, 0.25) is 0 Å². The van der Waals surface area contributed by atoms with Crippen molar-refractivity contribution in [1.82, 2.24) is 4.98 Å². The van der Waals surface area contributed by atoms with Crippen molar-refractivity contribution in [1.29, 1.82) is 0 Å². The van der Waals surface area contributed by atoms with Crippen molar-refractivity contribution in [3.05, 3.63) is 70.6 Å². The number of nitrogens with zero attached hydrogens (tertiary/aromatic N) is 1. The summed E-state index contributed by atoms with van der Waals surface area (Å²) in [6.45, 7) is 7.39. The lowest BCUT2D eigenvalue weighted by Crippen LogP contribution is -2.21. The zero-order valence-corrected chi connectivity index (χ0v) is 23.2. The molecule has 2 saturated carbocycles. The third-order valence-electron chi connectivity index (χ3n) is 8.52. The second-order valence-corrected chi connectivity index (χ2v) is 13.4. The molecule has 38 heavy (non-hydrogen) atoms. The predicted molar refractivity (Wildman–Crippen MR) is 148 cm³/mol. The van der Waals surface area contributed by atoms with Crippen LogP contribution in [-0.4, -0.2) is 43.0 Å². The highest BCUT2D eigenvalue weighted by atomic mass is 32.2. The first-order chi connectivity index (χ1) is 18.0. The molecule has 3 aliphatic carbocycles. The van der Waals surface area contributed by atoms with Gasteiger partial charge in [0.15, 0.2) is 0 Å². The molecular weight excluding hydrogens is 500 g/mol. The highest BCUT2D eigenvalue weighted by Crippen LogP contribution is 2.65. The molecule has 3 aliphatic rings. The number of pyridine rings is 1. The van der Waals surface area contributed by atoms with Crippen LogP contribution in [0, 0.1) is 43.4 Å². The molecule has 1 aromatic heterocycles. The van der Waals surface area contributed by atoms with Crippen LogP contribution in [0.25, 0.3) is 11.1 Å². The second-order valence-electron chi connectivity index (χ2n) is 11.1. The van der Waals surface area contributed by atoms with Gasteiger partial charge in [-0.25, -0.2) is 13.4 Å². The summed E-state index contributed by atoms with van der Waals surface area (Å²) in [6.07, 6.45) is 8.77. The number of ether oxygens (including phenoxy) is 1. The Kier molecular flexibility index (Phi) is 7.11. The van der Waals surface area contributed by atoms with Crippen LogP contribution < -0.4 is 5.32 Å². The van der Waals surface area contributed by atoms with Gasteiger partial charge in [0.2, 0.25) is 0 Å². The minimum absolute atomic E-state index is 0.158. The molecule has 5 rings (SSSR count). The van der Waals surface area contributed by atoms with E-state index < -0.39 is 15.8 Å². The number of anilines is 1. The van der Waals surface area contributed by atoms with E-state index in [0.29, 0.717) is 31.4 Å². The van der Waals surface area contributed by atoms with E-state index in [1.807, 2.05) is 24.4 Å². The molecule has 1 heterocycles. The molecule has 1 aromatic carbocycles. The molecule has 0 spiro atoms. The Balaban J connectivity index is 1.24. The van der Waals surface area contributed by atoms with Crippen molar-refractivity contribution in [3.8, 4) is 11.1 Å². The van der Waals surface area contributed by atoms with Crippen LogP contribution in [0.3, 0.4) is 0 Å². The lowest BCUT2D eigenvalue weighted by Gasteiger charge is -2.29. The summed E-state index contributed by atoms with van der Waals surface area (Å²) in [7, 11) is -2.96. The number of carboxylic acids is 1. The molecule has 0 saturated heterocycles. The van der Waals surface area contributed by atoms with Gasteiger partial charge >= 0.3 is 5.97 Å². The molecule has 7 nitrogen and oxygen atoms in total. The van der Waals surface area contributed by atoms with Crippen molar-refractivity contribution in [2.45, 2.75) is 40.2 Å². The maximum absolute atomic E-state index is 11.4. The number of carboxylic acid groups (broad SMARTS) is 1. The van der Waals surface area contributed by atoms with Gasteiger partial charge in [0, 0.05) is 30.5 Å². The number of nitrogens with one attached hydrogen (secondary N) is 1. The highest BCUT2D eigenvalue weighted by molar-refractivity contribution is 7.90. The SMILES string of the molecule is Cc1cc(NCCCS(C)(=O)=O)ncc1-c1cccc(COC2=CC=C3C(C[C@H]4[C@H](C(=O)O)[C@@H]34)C2C)c1C. The Hall–Kier alpha value is -3.13. The fourth-order valence-electron chi connectivity index (χ4n) is 6.35. The van der Waals surface area contributed by atoms with E-state index in [9.17, 15) is 18.3 Å².